The Morgan fingerprint density at radius 1 is 0.804 bits per heavy atom. The number of imide groups is 1. The van der Waals surface area contributed by atoms with Crippen LogP contribution in [0.1, 0.15) is 38.7 Å². The number of carbonyl (C=O) groups is 7. The Hall–Kier alpha value is -4.76. The van der Waals surface area contributed by atoms with E-state index in [1.807, 2.05) is 0 Å². The summed E-state index contributed by atoms with van der Waals surface area (Å²) in [5.74, 6) is -4.65. The SMILES string of the molecule is CC(C)[C@H](NC(=O)[C@H](CP(=O)(O)O)NC(=O)CCOCCOCCOCCN1C(=O)C=CC1=O)C(=O)N[C@@H](CCCNC(N)=O)C(=O)Nc1ccc(CO)cc1. The monoisotopic (exact) mass is 813 g/mol. The van der Waals surface area contributed by atoms with Crippen molar-refractivity contribution in [3.8, 4) is 0 Å². The highest BCUT2D eigenvalue weighted by atomic mass is 31.2. The molecule has 1 aliphatic heterocycles. The molecule has 2 rings (SSSR count). The van der Waals surface area contributed by atoms with E-state index in [1.165, 1.54) is 12.2 Å². The molecule has 1 aliphatic rings. The number of ether oxygens (including phenoxy) is 3. The molecule has 0 fully saturated rings. The summed E-state index contributed by atoms with van der Waals surface area (Å²) in [6.45, 7) is 3.82. The average Bonchev–Trinajstić information content (AvgIpc) is 3.45. The lowest BCUT2D eigenvalue weighted by Gasteiger charge is -2.27. The minimum absolute atomic E-state index is 0.0379. The summed E-state index contributed by atoms with van der Waals surface area (Å²) in [7, 11) is -4.86. The Bertz CT molecular complexity index is 1550. The van der Waals surface area contributed by atoms with Gasteiger partial charge in [-0.3, -0.25) is 38.2 Å². The van der Waals surface area contributed by atoms with Gasteiger partial charge in [0.25, 0.3) is 11.8 Å². The van der Waals surface area contributed by atoms with Gasteiger partial charge >= 0.3 is 13.6 Å². The summed E-state index contributed by atoms with van der Waals surface area (Å²) in [5, 5.41) is 21.6. The van der Waals surface area contributed by atoms with E-state index in [-0.39, 0.29) is 78.6 Å². The molecule has 0 aromatic heterocycles. The van der Waals surface area contributed by atoms with Crippen molar-refractivity contribution < 1.29 is 67.2 Å². The van der Waals surface area contributed by atoms with E-state index in [4.69, 9.17) is 19.9 Å². The first-order chi connectivity index (χ1) is 26.5. The van der Waals surface area contributed by atoms with Gasteiger partial charge in [0.05, 0.1) is 59.0 Å². The van der Waals surface area contributed by atoms with Crippen molar-refractivity contribution in [2.45, 2.75) is 57.8 Å². The summed E-state index contributed by atoms with van der Waals surface area (Å²) >= 11 is 0. The fourth-order valence-corrected chi connectivity index (χ4v) is 5.71. The van der Waals surface area contributed by atoms with Crippen molar-refractivity contribution in [3.05, 3.63) is 42.0 Å². The van der Waals surface area contributed by atoms with E-state index in [9.17, 15) is 53.0 Å². The van der Waals surface area contributed by atoms with Gasteiger partial charge < -0.3 is 61.4 Å². The Morgan fingerprint density at radius 3 is 1.95 bits per heavy atom. The molecule has 1 aromatic rings. The molecule has 22 heteroatoms. The second-order valence-corrected chi connectivity index (χ2v) is 14.5. The van der Waals surface area contributed by atoms with Gasteiger partial charge in [0, 0.05) is 30.8 Å². The van der Waals surface area contributed by atoms with Gasteiger partial charge in [0.2, 0.25) is 23.6 Å². The summed E-state index contributed by atoms with van der Waals surface area (Å²) in [6, 6.07) is 1.30. The van der Waals surface area contributed by atoms with Crippen LogP contribution in [0.2, 0.25) is 0 Å². The second kappa shape index (κ2) is 24.7. The Kier molecular flexibility index (Phi) is 20.9. The third-order valence-corrected chi connectivity index (χ3v) is 8.74. The zero-order chi connectivity index (χ0) is 41.7. The average molecular weight is 814 g/mol. The van der Waals surface area contributed by atoms with E-state index in [0.29, 0.717) is 11.3 Å². The molecule has 8 amide bonds. The molecule has 0 radical (unpaired) electrons. The first-order valence-corrected chi connectivity index (χ1v) is 19.6. The smallest absolute Gasteiger partial charge is 0.328 e. The van der Waals surface area contributed by atoms with Gasteiger partial charge in [-0.25, -0.2) is 4.79 Å². The van der Waals surface area contributed by atoms with Crippen molar-refractivity contribution in [1.29, 1.82) is 0 Å². The number of primary amides is 1. The number of carbonyl (C=O) groups excluding carboxylic acids is 7. The first kappa shape index (κ1) is 47.4. The predicted octanol–water partition coefficient (Wildman–Crippen LogP) is -1.78. The highest BCUT2D eigenvalue weighted by Gasteiger charge is 2.34. The lowest BCUT2D eigenvalue weighted by molar-refractivity contribution is -0.137. The zero-order valence-corrected chi connectivity index (χ0v) is 32.2. The molecule has 1 heterocycles. The summed E-state index contributed by atoms with van der Waals surface area (Å²) in [5.41, 5.74) is 6.08. The minimum atomic E-state index is -4.86. The van der Waals surface area contributed by atoms with Crippen LogP contribution in [0, 0.1) is 5.92 Å². The summed E-state index contributed by atoms with van der Waals surface area (Å²) in [6.07, 6.45) is 1.27. The molecular weight excluding hydrogens is 761 g/mol. The Balaban J connectivity index is 1.89. The van der Waals surface area contributed by atoms with Crippen molar-refractivity contribution in [3.63, 3.8) is 0 Å². The van der Waals surface area contributed by atoms with Crippen LogP contribution in [0.4, 0.5) is 10.5 Å². The number of aliphatic hydroxyl groups is 1. The third kappa shape index (κ3) is 18.7. The van der Waals surface area contributed by atoms with Gasteiger partial charge in [0.15, 0.2) is 0 Å². The molecular formula is C34H52N7O14P. The number of hydrogen-bond acceptors (Lipinski definition) is 12. The van der Waals surface area contributed by atoms with E-state index in [1.54, 1.807) is 38.1 Å². The largest absolute Gasteiger partial charge is 0.392 e. The molecule has 3 atom stereocenters. The number of rotatable bonds is 27. The standard InChI is InChI=1S/C34H52N7O14P/c1-22(2)30(33(48)39-25(4-3-12-36-34(35)49)31(46)37-24-7-5-23(20-42)6-8-24)40-32(47)26(21-56(50,51)52)38-27(43)11-14-53-16-18-55-19-17-54-15-13-41-28(44)9-10-29(41)45/h5-10,22,25-26,30,42H,3-4,11-21H2,1-2H3,(H,37,46)(H,38,43)(H,39,48)(H,40,47)(H3,35,36,49)(H2,50,51,52)/t25-,26-,30-/m0/s1. The van der Waals surface area contributed by atoms with Crippen molar-refractivity contribution in [1.82, 2.24) is 26.2 Å². The van der Waals surface area contributed by atoms with E-state index < -0.39 is 79.3 Å². The molecule has 0 unspecified atom stereocenters. The molecule has 10 N–H and O–H groups in total. The van der Waals surface area contributed by atoms with Crippen LogP contribution < -0.4 is 32.3 Å². The first-order valence-electron chi connectivity index (χ1n) is 17.8. The molecule has 0 aliphatic carbocycles. The lowest BCUT2D eigenvalue weighted by atomic mass is 10.0. The third-order valence-electron chi connectivity index (χ3n) is 7.90. The number of benzene rings is 1. The lowest BCUT2D eigenvalue weighted by Crippen LogP contribution is -2.58. The normalized spacial score (nSPS) is 14.3. The molecule has 0 bridgehead atoms. The molecule has 21 nitrogen and oxygen atoms in total. The maximum atomic E-state index is 13.5. The maximum Gasteiger partial charge on any atom is 0.328 e. The topological polar surface area (TPSA) is 314 Å². The fourth-order valence-electron chi connectivity index (χ4n) is 4.97. The van der Waals surface area contributed by atoms with Crippen molar-refractivity contribution >= 4 is 54.8 Å². The van der Waals surface area contributed by atoms with E-state index in [2.05, 4.69) is 26.6 Å². The molecule has 56 heavy (non-hydrogen) atoms. The fraction of sp³-hybridized carbons (Fsp3) is 0.559. The number of hydrogen-bond donors (Lipinski definition) is 9. The summed E-state index contributed by atoms with van der Waals surface area (Å²) in [4.78, 5) is 107. The number of urea groups is 1. The van der Waals surface area contributed by atoms with Crippen LogP contribution in [0.15, 0.2) is 36.4 Å². The van der Waals surface area contributed by atoms with Crippen LogP contribution in [-0.4, -0.2) is 138 Å². The van der Waals surface area contributed by atoms with Crippen LogP contribution >= 0.6 is 7.60 Å². The van der Waals surface area contributed by atoms with Crippen molar-refractivity contribution in [2.75, 3.05) is 64.2 Å². The molecule has 0 saturated carbocycles. The molecule has 312 valence electrons. The van der Waals surface area contributed by atoms with Crippen LogP contribution in [0.5, 0.6) is 0 Å². The number of nitrogens with two attached hydrogens (primary N) is 1. The van der Waals surface area contributed by atoms with Crippen LogP contribution in [-0.2, 0) is 54.1 Å². The predicted molar refractivity (Wildman–Crippen MR) is 198 cm³/mol. The van der Waals surface area contributed by atoms with Crippen LogP contribution in [0.25, 0.3) is 0 Å². The molecule has 0 saturated heterocycles. The Labute approximate surface area is 323 Å². The van der Waals surface area contributed by atoms with Crippen LogP contribution in [0.3, 0.4) is 0 Å². The zero-order valence-electron chi connectivity index (χ0n) is 31.3. The van der Waals surface area contributed by atoms with Crippen molar-refractivity contribution in [2.24, 2.45) is 11.7 Å². The quantitative estimate of drug-likeness (QED) is 0.0270. The number of anilines is 1. The number of amides is 8. The van der Waals surface area contributed by atoms with E-state index >= 15 is 0 Å². The number of nitrogens with one attached hydrogen (secondary N) is 5. The number of aliphatic hydroxyl groups excluding tert-OH is 1. The van der Waals surface area contributed by atoms with Gasteiger partial charge in [-0.1, -0.05) is 26.0 Å². The minimum Gasteiger partial charge on any atom is -0.392 e. The summed E-state index contributed by atoms with van der Waals surface area (Å²) < 4.78 is 27.9. The maximum absolute atomic E-state index is 13.5. The highest BCUT2D eigenvalue weighted by molar-refractivity contribution is 7.51. The van der Waals surface area contributed by atoms with Gasteiger partial charge in [-0.2, -0.15) is 0 Å². The van der Waals surface area contributed by atoms with Gasteiger partial charge in [-0.15, -0.1) is 0 Å². The van der Waals surface area contributed by atoms with Gasteiger partial charge in [0.1, 0.15) is 18.1 Å². The van der Waals surface area contributed by atoms with E-state index in [0.717, 1.165) is 4.90 Å². The molecule has 0 spiro atoms. The highest BCUT2D eigenvalue weighted by Crippen LogP contribution is 2.35. The number of nitrogens with zero attached hydrogens (tertiary/aromatic N) is 1. The Morgan fingerprint density at radius 2 is 1.39 bits per heavy atom. The van der Waals surface area contributed by atoms with Gasteiger partial charge in [-0.05, 0) is 36.5 Å². The molecule has 1 aromatic carbocycles. The second-order valence-electron chi connectivity index (χ2n) is 12.8.